The van der Waals surface area contributed by atoms with Crippen LogP contribution in [0.4, 0.5) is 11.5 Å². The normalized spacial score (nSPS) is 14.0. The molecule has 1 amide bonds. The van der Waals surface area contributed by atoms with Crippen LogP contribution < -0.4 is 10.2 Å². The van der Waals surface area contributed by atoms with Gasteiger partial charge in [0.05, 0.1) is 17.6 Å². The van der Waals surface area contributed by atoms with Crippen LogP contribution in [0, 0.1) is 20.8 Å². The first-order chi connectivity index (χ1) is 13.9. The van der Waals surface area contributed by atoms with Gasteiger partial charge in [-0.05, 0) is 63.3 Å². The molecule has 0 aromatic carbocycles. The van der Waals surface area contributed by atoms with Crippen LogP contribution in [-0.2, 0) is 18.3 Å². The highest BCUT2D eigenvalue weighted by Gasteiger charge is 2.17. The predicted octanol–water partition coefficient (Wildman–Crippen LogP) is 3.46. The van der Waals surface area contributed by atoms with Gasteiger partial charge >= 0.3 is 0 Å². The summed E-state index contributed by atoms with van der Waals surface area (Å²) in [6, 6.07) is 3.92. The zero-order chi connectivity index (χ0) is 20.5. The SMILES string of the molecule is Cc1nc2c(c(C)nn2C)c(C)c1CCC(=O)Nc1ccc(N2CCCC2)nc1. The number of hydrogen-bond acceptors (Lipinski definition) is 5. The van der Waals surface area contributed by atoms with Gasteiger partial charge in [-0.3, -0.25) is 9.48 Å². The number of fused-ring (bicyclic) bond motifs is 1. The molecule has 0 atom stereocenters. The third-order valence-electron chi connectivity index (χ3n) is 5.79. The van der Waals surface area contributed by atoms with Gasteiger partial charge in [-0.2, -0.15) is 5.10 Å². The van der Waals surface area contributed by atoms with Crippen LogP contribution in [0.3, 0.4) is 0 Å². The monoisotopic (exact) mass is 392 g/mol. The first-order valence-electron chi connectivity index (χ1n) is 10.2. The molecular weight excluding hydrogens is 364 g/mol. The van der Waals surface area contributed by atoms with Crippen molar-refractivity contribution in [1.82, 2.24) is 19.7 Å². The predicted molar refractivity (Wildman–Crippen MR) is 115 cm³/mol. The Labute approximate surface area is 171 Å². The van der Waals surface area contributed by atoms with Gasteiger partial charge in [0.15, 0.2) is 5.65 Å². The first-order valence-corrected chi connectivity index (χ1v) is 10.2. The van der Waals surface area contributed by atoms with Crippen molar-refractivity contribution >= 4 is 28.4 Å². The minimum Gasteiger partial charge on any atom is -0.357 e. The van der Waals surface area contributed by atoms with E-state index >= 15 is 0 Å². The topological polar surface area (TPSA) is 75.9 Å². The summed E-state index contributed by atoms with van der Waals surface area (Å²) in [5, 5.41) is 8.54. The van der Waals surface area contributed by atoms with Crippen molar-refractivity contribution < 1.29 is 4.79 Å². The van der Waals surface area contributed by atoms with Crippen molar-refractivity contribution in [1.29, 1.82) is 0 Å². The Bertz CT molecular complexity index is 1050. The van der Waals surface area contributed by atoms with Crippen LogP contribution in [0.5, 0.6) is 0 Å². The summed E-state index contributed by atoms with van der Waals surface area (Å²) in [5.74, 6) is 0.973. The van der Waals surface area contributed by atoms with Crippen molar-refractivity contribution in [2.75, 3.05) is 23.3 Å². The van der Waals surface area contributed by atoms with Gasteiger partial charge < -0.3 is 10.2 Å². The minimum absolute atomic E-state index is 0.0115. The molecule has 1 aliphatic heterocycles. The van der Waals surface area contributed by atoms with E-state index in [1.165, 1.54) is 18.4 Å². The average molecular weight is 393 g/mol. The van der Waals surface area contributed by atoms with E-state index in [1.54, 1.807) is 6.20 Å². The number of carbonyl (C=O) groups is 1. The maximum absolute atomic E-state index is 12.5. The maximum Gasteiger partial charge on any atom is 0.224 e. The molecule has 7 heteroatoms. The Morgan fingerprint density at radius 2 is 1.90 bits per heavy atom. The van der Waals surface area contributed by atoms with E-state index < -0.39 is 0 Å². The van der Waals surface area contributed by atoms with Gasteiger partial charge in [0, 0.05) is 37.6 Å². The minimum atomic E-state index is -0.0115. The Balaban J connectivity index is 1.42. The molecule has 7 nitrogen and oxygen atoms in total. The number of anilines is 2. The lowest BCUT2D eigenvalue weighted by Crippen LogP contribution is -2.19. The number of nitrogens with one attached hydrogen (secondary N) is 1. The highest BCUT2D eigenvalue weighted by Crippen LogP contribution is 2.26. The average Bonchev–Trinajstić information content (AvgIpc) is 3.31. The third-order valence-corrected chi connectivity index (χ3v) is 5.79. The molecule has 152 valence electrons. The van der Waals surface area contributed by atoms with E-state index in [0.717, 1.165) is 52.6 Å². The number of hydrogen-bond donors (Lipinski definition) is 1. The number of amides is 1. The Hall–Kier alpha value is -2.96. The largest absolute Gasteiger partial charge is 0.357 e. The molecule has 1 saturated heterocycles. The second kappa shape index (κ2) is 7.81. The molecule has 0 unspecified atom stereocenters. The van der Waals surface area contributed by atoms with Crippen molar-refractivity contribution in [2.45, 2.75) is 46.5 Å². The van der Waals surface area contributed by atoms with Crippen molar-refractivity contribution in [3.63, 3.8) is 0 Å². The zero-order valence-corrected chi connectivity index (χ0v) is 17.6. The third kappa shape index (κ3) is 3.81. The quantitative estimate of drug-likeness (QED) is 0.720. The highest BCUT2D eigenvalue weighted by atomic mass is 16.1. The smallest absolute Gasteiger partial charge is 0.224 e. The summed E-state index contributed by atoms with van der Waals surface area (Å²) in [6.45, 7) is 8.23. The molecule has 3 aromatic rings. The van der Waals surface area contributed by atoms with Gasteiger partial charge in [0.1, 0.15) is 5.82 Å². The second-order valence-electron chi connectivity index (χ2n) is 7.86. The van der Waals surface area contributed by atoms with E-state index in [9.17, 15) is 4.79 Å². The van der Waals surface area contributed by atoms with Gasteiger partial charge in [-0.1, -0.05) is 0 Å². The van der Waals surface area contributed by atoms with E-state index in [-0.39, 0.29) is 5.91 Å². The summed E-state index contributed by atoms with van der Waals surface area (Å²) in [7, 11) is 1.91. The second-order valence-corrected chi connectivity index (χ2v) is 7.86. The van der Waals surface area contributed by atoms with E-state index in [2.05, 4.69) is 27.2 Å². The lowest BCUT2D eigenvalue weighted by molar-refractivity contribution is -0.116. The lowest BCUT2D eigenvalue weighted by atomic mass is 9.99. The summed E-state index contributed by atoms with van der Waals surface area (Å²) >= 11 is 0. The molecule has 4 heterocycles. The molecule has 0 aliphatic carbocycles. The van der Waals surface area contributed by atoms with Crippen LogP contribution in [0.15, 0.2) is 18.3 Å². The zero-order valence-electron chi connectivity index (χ0n) is 17.6. The van der Waals surface area contributed by atoms with Crippen molar-refractivity contribution in [2.24, 2.45) is 7.05 Å². The Morgan fingerprint density at radius 1 is 1.14 bits per heavy atom. The fourth-order valence-corrected chi connectivity index (χ4v) is 4.29. The van der Waals surface area contributed by atoms with Crippen LogP contribution in [-0.4, -0.2) is 38.7 Å². The van der Waals surface area contributed by atoms with Gasteiger partial charge in [-0.25, -0.2) is 9.97 Å². The van der Waals surface area contributed by atoms with Gasteiger partial charge in [-0.15, -0.1) is 0 Å². The molecule has 1 aliphatic rings. The molecule has 0 spiro atoms. The number of aromatic nitrogens is 4. The van der Waals surface area contributed by atoms with Crippen LogP contribution in [0.1, 0.15) is 41.8 Å². The molecule has 0 radical (unpaired) electrons. The number of rotatable bonds is 5. The molecule has 29 heavy (non-hydrogen) atoms. The van der Waals surface area contributed by atoms with E-state index in [4.69, 9.17) is 4.98 Å². The summed E-state index contributed by atoms with van der Waals surface area (Å²) in [6.07, 6.45) is 5.24. The molecule has 3 aromatic heterocycles. The fourth-order valence-electron chi connectivity index (χ4n) is 4.29. The summed E-state index contributed by atoms with van der Waals surface area (Å²) in [5.41, 5.74) is 5.87. The van der Waals surface area contributed by atoms with Crippen molar-refractivity contribution in [3.8, 4) is 0 Å². The molecule has 4 rings (SSSR count). The fraction of sp³-hybridized carbons (Fsp3) is 0.455. The van der Waals surface area contributed by atoms with Gasteiger partial charge in [0.2, 0.25) is 5.91 Å². The van der Waals surface area contributed by atoms with E-state index in [0.29, 0.717) is 12.8 Å². The van der Waals surface area contributed by atoms with Crippen LogP contribution in [0.25, 0.3) is 11.0 Å². The molecular formula is C22H28N6O. The molecule has 0 bridgehead atoms. The number of aryl methyl sites for hydroxylation is 4. The summed E-state index contributed by atoms with van der Waals surface area (Å²) < 4.78 is 1.82. The number of nitrogens with zero attached hydrogens (tertiary/aromatic N) is 5. The number of carbonyl (C=O) groups excluding carboxylic acids is 1. The Morgan fingerprint density at radius 3 is 2.59 bits per heavy atom. The van der Waals surface area contributed by atoms with Crippen LogP contribution in [0.2, 0.25) is 0 Å². The summed E-state index contributed by atoms with van der Waals surface area (Å²) in [4.78, 5) is 24.0. The Kier molecular flexibility index (Phi) is 5.22. The molecule has 1 fully saturated rings. The van der Waals surface area contributed by atoms with Gasteiger partial charge in [0.25, 0.3) is 0 Å². The van der Waals surface area contributed by atoms with Crippen LogP contribution >= 0.6 is 0 Å². The first kappa shape index (κ1) is 19.4. The standard InChI is InChI=1S/C22H28N6O/c1-14-18(15(2)24-22-21(14)16(3)26-27(22)4)8-10-20(29)25-17-7-9-19(23-13-17)28-11-5-6-12-28/h7,9,13H,5-6,8,10-12H2,1-4H3,(H,25,29). The maximum atomic E-state index is 12.5. The lowest BCUT2D eigenvalue weighted by Gasteiger charge is -2.16. The molecule has 1 N–H and O–H groups in total. The number of pyridine rings is 2. The van der Waals surface area contributed by atoms with Crippen molar-refractivity contribution in [3.05, 3.63) is 40.8 Å². The highest BCUT2D eigenvalue weighted by molar-refractivity contribution is 5.91. The van der Waals surface area contributed by atoms with E-state index in [1.807, 2.05) is 37.7 Å². The molecule has 0 saturated carbocycles.